The summed E-state index contributed by atoms with van der Waals surface area (Å²) in [5, 5.41) is 3.49. The molecular weight excluding hydrogens is 232 g/mol. The largest absolute Gasteiger partial charge is 0.314 e. The van der Waals surface area contributed by atoms with E-state index in [-0.39, 0.29) is 0 Å². The fourth-order valence-electron chi connectivity index (χ4n) is 3.87. The summed E-state index contributed by atoms with van der Waals surface area (Å²) in [4.78, 5) is 2.75. The van der Waals surface area contributed by atoms with Crippen LogP contribution in [0.5, 0.6) is 0 Å². The molecule has 1 saturated heterocycles. The lowest BCUT2D eigenvalue weighted by atomic mass is 9.84. The lowest BCUT2D eigenvalue weighted by Gasteiger charge is -2.44. The van der Waals surface area contributed by atoms with Crippen molar-refractivity contribution in [2.75, 3.05) is 26.2 Å². The molecule has 0 aromatic heterocycles. The molecule has 1 aromatic rings. The van der Waals surface area contributed by atoms with Gasteiger partial charge in [0.05, 0.1) is 0 Å². The molecule has 0 spiro atoms. The number of aryl methyl sites for hydroxylation is 2. The Bertz CT molecular complexity index is 441. The summed E-state index contributed by atoms with van der Waals surface area (Å²) in [5.41, 5.74) is 4.76. The highest BCUT2D eigenvalue weighted by Crippen LogP contribution is 2.44. The zero-order chi connectivity index (χ0) is 13.3. The van der Waals surface area contributed by atoms with E-state index in [1.807, 2.05) is 0 Å². The highest BCUT2D eigenvalue weighted by Gasteiger charge is 2.41. The molecule has 3 rings (SSSR count). The van der Waals surface area contributed by atoms with Crippen LogP contribution in [0.2, 0.25) is 0 Å². The molecule has 19 heavy (non-hydrogen) atoms. The van der Waals surface area contributed by atoms with Crippen molar-refractivity contribution in [3.05, 3.63) is 34.9 Å². The summed E-state index contributed by atoms with van der Waals surface area (Å²) < 4.78 is 0. The van der Waals surface area contributed by atoms with E-state index in [4.69, 9.17) is 0 Å². The number of piperazine rings is 1. The van der Waals surface area contributed by atoms with Crippen LogP contribution in [0, 0.1) is 13.8 Å². The molecule has 0 atom stereocenters. The van der Waals surface area contributed by atoms with Gasteiger partial charge < -0.3 is 5.32 Å². The van der Waals surface area contributed by atoms with E-state index < -0.39 is 0 Å². The van der Waals surface area contributed by atoms with E-state index in [2.05, 4.69) is 42.3 Å². The van der Waals surface area contributed by atoms with Crippen LogP contribution in [-0.4, -0.2) is 31.1 Å². The van der Waals surface area contributed by atoms with Gasteiger partial charge in [-0.05, 0) is 43.4 Å². The predicted molar refractivity (Wildman–Crippen MR) is 80.5 cm³/mol. The van der Waals surface area contributed by atoms with Crippen LogP contribution in [0.15, 0.2) is 18.2 Å². The van der Waals surface area contributed by atoms with Gasteiger partial charge in [-0.25, -0.2) is 0 Å². The number of nitrogens with zero attached hydrogens (tertiary/aromatic N) is 1. The molecule has 1 saturated carbocycles. The molecule has 1 aliphatic carbocycles. The fraction of sp³-hybridized carbons (Fsp3) is 0.647. The molecule has 0 unspecified atom stereocenters. The second-order valence-corrected chi connectivity index (χ2v) is 6.27. The lowest BCUT2D eigenvalue weighted by Crippen LogP contribution is -2.53. The first-order valence-corrected chi connectivity index (χ1v) is 7.76. The minimum absolute atomic E-state index is 0.334. The summed E-state index contributed by atoms with van der Waals surface area (Å²) in [6.45, 7) is 9.16. The van der Waals surface area contributed by atoms with Gasteiger partial charge in [-0.3, -0.25) is 4.90 Å². The van der Waals surface area contributed by atoms with E-state index in [1.165, 1.54) is 49.9 Å². The van der Waals surface area contributed by atoms with E-state index in [0.29, 0.717) is 5.54 Å². The van der Waals surface area contributed by atoms with Crippen LogP contribution in [0.4, 0.5) is 0 Å². The standard InChI is InChI=1S/C17H26N2/c1-14-5-6-16(13-15(14)2)17(7-3-4-8-17)19-11-9-18-10-12-19/h5-6,13,18H,3-4,7-12H2,1-2H3. The zero-order valence-electron chi connectivity index (χ0n) is 12.3. The molecule has 1 heterocycles. The first-order chi connectivity index (χ1) is 9.22. The molecule has 2 aliphatic rings. The van der Waals surface area contributed by atoms with Crippen LogP contribution in [0.25, 0.3) is 0 Å². The van der Waals surface area contributed by atoms with Crippen LogP contribution in [0.1, 0.15) is 42.4 Å². The average molecular weight is 258 g/mol. The van der Waals surface area contributed by atoms with Gasteiger partial charge in [0.1, 0.15) is 0 Å². The third-order valence-electron chi connectivity index (χ3n) is 5.20. The average Bonchev–Trinajstić information content (AvgIpc) is 2.93. The van der Waals surface area contributed by atoms with Gasteiger partial charge >= 0.3 is 0 Å². The van der Waals surface area contributed by atoms with Gasteiger partial charge in [-0.2, -0.15) is 0 Å². The van der Waals surface area contributed by atoms with Gasteiger partial charge in [0, 0.05) is 31.7 Å². The Hall–Kier alpha value is -0.860. The third kappa shape index (κ3) is 2.32. The van der Waals surface area contributed by atoms with Gasteiger partial charge in [0.2, 0.25) is 0 Å². The van der Waals surface area contributed by atoms with E-state index in [9.17, 15) is 0 Å². The van der Waals surface area contributed by atoms with Gasteiger partial charge in [-0.15, -0.1) is 0 Å². The normalized spacial score (nSPS) is 23.7. The minimum Gasteiger partial charge on any atom is -0.314 e. The molecule has 0 bridgehead atoms. The summed E-state index contributed by atoms with van der Waals surface area (Å²) in [6.07, 6.45) is 5.46. The Balaban J connectivity index is 1.96. The summed E-state index contributed by atoms with van der Waals surface area (Å²) in [7, 11) is 0. The van der Waals surface area contributed by atoms with Crippen molar-refractivity contribution in [1.82, 2.24) is 10.2 Å². The Morgan fingerprint density at radius 2 is 1.68 bits per heavy atom. The molecule has 1 aliphatic heterocycles. The summed E-state index contributed by atoms with van der Waals surface area (Å²) >= 11 is 0. The highest BCUT2D eigenvalue weighted by atomic mass is 15.2. The Kier molecular flexibility index (Phi) is 3.64. The monoisotopic (exact) mass is 258 g/mol. The molecule has 1 N–H and O–H groups in total. The smallest absolute Gasteiger partial charge is 0.0461 e. The van der Waals surface area contributed by atoms with Crippen molar-refractivity contribution in [2.45, 2.75) is 45.1 Å². The second kappa shape index (κ2) is 5.26. The maximum Gasteiger partial charge on any atom is 0.0461 e. The van der Waals surface area contributed by atoms with Crippen LogP contribution >= 0.6 is 0 Å². The molecule has 0 amide bonds. The van der Waals surface area contributed by atoms with Gasteiger partial charge in [-0.1, -0.05) is 31.0 Å². The Morgan fingerprint density at radius 3 is 2.32 bits per heavy atom. The fourth-order valence-corrected chi connectivity index (χ4v) is 3.87. The Labute approximate surface area is 117 Å². The predicted octanol–water partition coefficient (Wildman–Crippen LogP) is 2.98. The molecule has 0 radical (unpaired) electrons. The van der Waals surface area contributed by atoms with Crippen molar-refractivity contribution in [1.29, 1.82) is 0 Å². The quantitative estimate of drug-likeness (QED) is 0.877. The maximum absolute atomic E-state index is 3.49. The second-order valence-electron chi connectivity index (χ2n) is 6.27. The van der Waals surface area contributed by atoms with E-state index >= 15 is 0 Å². The first kappa shape index (κ1) is 13.1. The molecule has 2 nitrogen and oxygen atoms in total. The van der Waals surface area contributed by atoms with E-state index in [0.717, 1.165) is 13.1 Å². The minimum atomic E-state index is 0.334. The maximum atomic E-state index is 3.49. The summed E-state index contributed by atoms with van der Waals surface area (Å²) in [6, 6.07) is 7.14. The topological polar surface area (TPSA) is 15.3 Å². The van der Waals surface area contributed by atoms with Crippen LogP contribution < -0.4 is 5.32 Å². The highest BCUT2D eigenvalue weighted by molar-refractivity contribution is 5.35. The van der Waals surface area contributed by atoms with Crippen molar-refractivity contribution >= 4 is 0 Å². The lowest BCUT2D eigenvalue weighted by molar-refractivity contribution is 0.0757. The molecule has 104 valence electrons. The zero-order valence-corrected chi connectivity index (χ0v) is 12.3. The van der Waals surface area contributed by atoms with E-state index in [1.54, 1.807) is 5.56 Å². The van der Waals surface area contributed by atoms with Crippen LogP contribution in [-0.2, 0) is 5.54 Å². The molecule has 2 heteroatoms. The van der Waals surface area contributed by atoms with Crippen molar-refractivity contribution < 1.29 is 0 Å². The number of rotatable bonds is 2. The van der Waals surface area contributed by atoms with Crippen molar-refractivity contribution in [2.24, 2.45) is 0 Å². The first-order valence-electron chi connectivity index (χ1n) is 7.76. The van der Waals surface area contributed by atoms with Gasteiger partial charge in [0.25, 0.3) is 0 Å². The summed E-state index contributed by atoms with van der Waals surface area (Å²) in [5.74, 6) is 0. The molecular formula is C17H26N2. The molecule has 2 fully saturated rings. The molecule has 1 aromatic carbocycles. The van der Waals surface area contributed by atoms with Crippen molar-refractivity contribution in [3.63, 3.8) is 0 Å². The number of nitrogens with one attached hydrogen (secondary N) is 1. The third-order valence-corrected chi connectivity index (χ3v) is 5.20. The SMILES string of the molecule is Cc1ccc(C2(N3CCNCC3)CCCC2)cc1C. The number of benzene rings is 1. The number of hydrogen-bond acceptors (Lipinski definition) is 2. The van der Waals surface area contributed by atoms with Crippen LogP contribution in [0.3, 0.4) is 0 Å². The Morgan fingerprint density at radius 1 is 1.00 bits per heavy atom. The number of hydrogen-bond donors (Lipinski definition) is 1. The van der Waals surface area contributed by atoms with Crippen molar-refractivity contribution in [3.8, 4) is 0 Å². The van der Waals surface area contributed by atoms with Gasteiger partial charge in [0.15, 0.2) is 0 Å².